The van der Waals surface area contributed by atoms with E-state index < -0.39 is 23.4 Å². The van der Waals surface area contributed by atoms with Gasteiger partial charge in [-0.15, -0.1) is 4.73 Å². The first-order valence-electron chi connectivity index (χ1n) is 6.50. The van der Waals surface area contributed by atoms with Crippen molar-refractivity contribution in [2.45, 2.75) is 6.42 Å². The van der Waals surface area contributed by atoms with Crippen LogP contribution in [0.25, 0.3) is 11.0 Å². The van der Waals surface area contributed by atoms with Crippen LogP contribution in [0.4, 0.5) is 0 Å². The zero-order valence-corrected chi connectivity index (χ0v) is 11.6. The third kappa shape index (κ3) is 2.82. The number of carbonyl (C=O) groups is 1. The highest BCUT2D eigenvalue weighted by atomic mass is 16.7. The maximum atomic E-state index is 12.0. The van der Waals surface area contributed by atoms with Crippen LogP contribution in [0.5, 0.6) is 17.5 Å². The Hall–Kier alpha value is -3.42. The van der Waals surface area contributed by atoms with Gasteiger partial charge in [-0.3, -0.25) is 0 Å². The molecule has 2 aromatic heterocycles. The van der Waals surface area contributed by atoms with Gasteiger partial charge in [0, 0.05) is 29.7 Å². The lowest BCUT2D eigenvalue weighted by Gasteiger charge is -2.08. The van der Waals surface area contributed by atoms with Crippen LogP contribution < -0.4 is 10.5 Å². The molecule has 3 N–H and O–H groups in total. The molecule has 0 atom stereocenters. The molecule has 8 nitrogen and oxygen atoms in total. The average molecular weight is 317 g/mol. The minimum absolute atomic E-state index is 0.0810. The topological polar surface area (TPSA) is 122 Å². The Morgan fingerprint density at radius 3 is 2.48 bits per heavy atom. The van der Waals surface area contributed by atoms with E-state index in [1.165, 1.54) is 18.2 Å². The average Bonchev–Trinajstić information content (AvgIpc) is 2.78. The van der Waals surface area contributed by atoms with Gasteiger partial charge in [0.05, 0.1) is 6.42 Å². The number of rotatable bonds is 3. The number of carbonyl (C=O) groups excluding carboxylic acids is 1. The summed E-state index contributed by atoms with van der Waals surface area (Å²) >= 11 is 0. The molecule has 0 unspecified atom stereocenters. The quantitative estimate of drug-likeness (QED) is 0.614. The molecule has 0 radical (unpaired) electrons. The monoisotopic (exact) mass is 317 g/mol. The van der Waals surface area contributed by atoms with Gasteiger partial charge in [0.25, 0.3) is 0 Å². The Morgan fingerprint density at radius 1 is 1.09 bits per heavy atom. The van der Waals surface area contributed by atoms with E-state index in [2.05, 4.69) is 0 Å². The summed E-state index contributed by atoms with van der Waals surface area (Å²) in [4.78, 5) is 28.3. The van der Waals surface area contributed by atoms with Crippen molar-refractivity contribution in [2.24, 2.45) is 0 Å². The van der Waals surface area contributed by atoms with E-state index in [1.54, 1.807) is 0 Å². The standard InChI is InChI=1S/C15H11NO7/c17-9-1-2-10-8(5-14(20)22-11(10)7-9)6-15(21)23-16-12(18)3-4-13(16)19/h1-5,7,17-19H,6H2. The number of benzene rings is 1. The first-order valence-corrected chi connectivity index (χ1v) is 6.50. The summed E-state index contributed by atoms with van der Waals surface area (Å²) in [6, 6.07) is 7.59. The van der Waals surface area contributed by atoms with Gasteiger partial charge in [-0.25, -0.2) is 9.59 Å². The summed E-state index contributed by atoms with van der Waals surface area (Å²) in [6.07, 6.45) is -0.302. The van der Waals surface area contributed by atoms with Crippen molar-refractivity contribution in [2.75, 3.05) is 0 Å². The molecule has 3 aromatic rings. The minimum Gasteiger partial charge on any atom is -0.508 e. The SMILES string of the molecule is O=C(Cc1cc(=O)oc2cc(O)ccc12)On1c(O)ccc1O. The molecule has 0 bridgehead atoms. The van der Waals surface area contributed by atoms with E-state index in [-0.39, 0.29) is 17.8 Å². The predicted molar refractivity (Wildman–Crippen MR) is 77.2 cm³/mol. The molecular weight excluding hydrogens is 306 g/mol. The molecule has 0 aliphatic rings. The maximum Gasteiger partial charge on any atom is 0.337 e. The van der Waals surface area contributed by atoms with Crippen molar-refractivity contribution in [1.82, 2.24) is 4.73 Å². The molecule has 23 heavy (non-hydrogen) atoms. The minimum atomic E-state index is -0.813. The van der Waals surface area contributed by atoms with Gasteiger partial charge in [0.1, 0.15) is 11.3 Å². The Labute approximate surface area is 128 Å². The van der Waals surface area contributed by atoms with Crippen LogP contribution in [0.15, 0.2) is 45.6 Å². The lowest BCUT2D eigenvalue weighted by molar-refractivity contribution is -0.144. The van der Waals surface area contributed by atoms with Gasteiger partial charge in [0.2, 0.25) is 11.8 Å². The van der Waals surface area contributed by atoms with Crippen molar-refractivity contribution in [3.05, 3.63) is 52.4 Å². The number of hydrogen-bond donors (Lipinski definition) is 3. The number of phenolic OH excluding ortho intramolecular Hbond substituents is 1. The van der Waals surface area contributed by atoms with E-state index in [0.29, 0.717) is 15.7 Å². The second kappa shape index (κ2) is 5.41. The van der Waals surface area contributed by atoms with Crippen molar-refractivity contribution in [1.29, 1.82) is 0 Å². The third-order valence-electron chi connectivity index (χ3n) is 3.14. The molecule has 0 fully saturated rings. The van der Waals surface area contributed by atoms with Gasteiger partial charge >= 0.3 is 11.6 Å². The highest BCUT2D eigenvalue weighted by Crippen LogP contribution is 2.23. The molecule has 0 saturated heterocycles. The number of hydrogen-bond acceptors (Lipinski definition) is 7. The molecule has 1 aromatic carbocycles. The second-order valence-corrected chi connectivity index (χ2v) is 4.76. The molecule has 2 heterocycles. The van der Waals surface area contributed by atoms with E-state index in [9.17, 15) is 24.9 Å². The molecule has 118 valence electrons. The van der Waals surface area contributed by atoms with Crippen molar-refractivity contribution < 1.29 is 29.4 Å². The number of nitrogens with zero attached hydrogens (tertiary/aromatic N) is 1. The normalized spacial score (nSPS) is 10.8. The van der Waals surface area contributed by atoms with E-state index in [4.69, 9.17) is 9.25 Å². The summed E-state index contributed by atoms with van der Waals surface area (Å²) in [5.41, 5.74) is -0.225. The lowest BCUT2D eigenvalue weighted by atomic mass is 10.1. The molecule has 0 aliphatic carbocycles. The van der Waals surface area contributed by atoms with E-state index in [1.807, 2.05) is 0 Å². The molecular formula is C15H11NO7. The van der Waals surface area contributed by atoms with Crippen molar-refractivity contribution in [3.63, 3.8) is 0 Å². The molecule has 0 amide bonds. The Morgan fingerprint density at radius 2 is 1.78 bits per heavy atom. The largest absolute Gasteiger partial charge is 0.508 e. The zero-order chi connectivity index (χ0) is 16.6. The van der Waals surface area contributed by atoms with Gasteiger partial charge in [-0.2, -0.15) is 0 Å². The summed E-state index contributed by atoms with van der Waals surface area (Å²) in [6.45, 7) is 0. The summed E-state index contributed by atoms with van der Waals surface area (Å²) < 4.78 is 5.51. The van der Waals surface area contributed by atoms with E-state index >= 15 is 0 Å². The van der Waals surface area contributed by atoms with Crippen LogP contribution in [-0.4, -0.2) is 26.0 Å². The summed E-state index contributed by atoms with van der Waals surface area (Å²) in [5.74, 6) is -1.79. The third-order valence-corrected chi connectivity index (χ3v) is 3.14. The van der Waals surface area contributed by atoms with E-state index in [0.717, 1.165) is 18.2 Å². The first-order chi connectivity index (χ1) is 10.9. The smallest absolute Gasteiger partial charge is 0.337 e. The number of fused-ring (bicyclic) bond motifs is 1. The van der Waals surface area contributed by atoms with Gasteiger partial charge in [-0.05, 0) is 17.7 Å². The predicted octanol–water partition coefficient (Wildman–Crippen LogP) is 0.909. The molecule has 0 spiro atoms. The summed E-state index contributed by atoms with van der Waals surface area (Å²) in [7, 11) is 0. The zero-order valence-electron chi connectivity index (χ0n) is 11.6. The van der Waals surface area contributed by atoms with Crippen LogP contribution in [0, 0.1) is 0 Å². The van der Waals surface area contributed by atoms with Crippen LogP contribution in [0.3, 0.4) is 0 Å². The van der Waals surface area contributed by atoms with Gasteiger partial charge in [-0.1, -0.05) is 0 Å². The number of aromatic nitrogens is 1. The van der Waals surface area contributed by atoms with Gasteiger partial charge < -0.3 is 24.6 Å². The Balaban J connectivity index is 1.92. The van der Waals surface area contributed by atoms with Gasteiger partial charge in [0.15, 0.2) is 0 Å². The molecule has 0 saturated carbocycles. The van der Waals surface area contributed by atoms with Crippen LogP contribution in [0.2, 0.25) is 0 Å². The fourth-order valence-corrected chi connectivity index (χ4v) is 2.15. The molecule has 0 aliphatic heterocycles. The maximum absolute atomic E-state index is 12.0. The lowest BCUT2D eigenvalue weighted by Crippen LogP contribution is -2.21. The fraction of sp³-hybridized carbons (Fsp3) is 0.0667. The van der Waals surface area contributed by atoms with Crippen LogP contribution >= 0.6 is 0 Å². The van der Waals surface area contributed by atoms with Crippen molar-refractivity contribution in [3.8, 4) is 17.5 Å². The first kappa shape index (κ1) is 14.5. The fourth-order valence-electron chi connectivity index (χ4n) is 2.15. The highest BCUT2D eigenvalue weighted by molar-refractivity contribution is 5.86. The number of phenols is 1. The summed E-state index contributed by atoms with van der Waals surface area (Å²) in [5, 5.41) is 28.7. The second-order valence-electron chi connectivity index (χ2n) is 4.76. The number of aromatic hydroxyl groups is 3. The Bertz CT molecular complexity index is 935. The van der Waals surface area contributed by atoms with Crippen molar-refractivity contribution >= 4 is 16.9 Å². The molecule has 8 heteroatoms. The van der Waals surface area contributed by atoms with Crippen LogP contribution in [-0.2, 0) is 11.2 Å². The molecule has 3 rings (SSSR count). The van der Waals surface area contributed by atoms with Crippen LogP contribution in [0.1, 0.15) is 5.56 Å². The Kier molecular flexibility index (Phi) is 3.41. The highest BCUT2D eigenvalue weighted by Gasteiger charge is 2.15.